The van der Waals surface area contributed by atoms with Crippen molar-refractivity contribution in [2.75, 3.05) is 20.6 Å². The van der Waals surface area contributed by atoms with Gasteiger partial charge in [0.2, 0.25) is 0 Å². The van der Waals surface area contributed by atoms with Crippen molar-refractivity contribution < 1.29 is 14.4 Å². The first-order chi connectivity index (χ1) is 9.56. The Hall–Kier alpha value is -1.09. The van der Waals surface area contributed by atoms with Gasteiger partial charge >= 0.3 is 5.97 Å². The molecule has 1 aliphatic carbocycles. The molecule has 3 nitrogen and oxygen atoms in total. The summed E-state index contributed by atoms with van der Waals surface area (Å²) in [6, 6.07) is 0.315. The Morgan fingerprint density at radius 2 is 2.14 bits per heavy atom. The summed E-state index contributed by atoms with van der Waals surface area (Å²) in [6.07, 6.45) is 9.60. The number of carboxylic acid groups (broad SMARTS) is 1. The molecule has 0 saturated heterocycles. The van der Waals surface area contributed by atoms with Crippen LogP contribution in [-0.4, -0.2) is 42.2 Å². The van der Waals surface area contributed by atoms with Crippen LogP contribution in [-0.2, 0) is 4.79 Å². The van der Waals surface area contributed by atoms with Crippen LogP contribution in [0.5, 0.6) is 0 Å². The third-order valence-corrected chi connectivity index (χ3v) is 5.17. The number of quaternary nitrogens is 1. The van der Waals surface area contributed by atoms with E-state index in [0.717, 1.165) is 0 Å². The van der Waals surface area contributed by atoms with Gasteiger partial charge in [-0.3, -0.25) is 4.79 Å². The van der Waals surface area contributed by atoms with E-state index in [1.807, 2.05) is 0 Å². The molecule has 1 N–H and O–H groups in total. The lowest BCUT2D eigenvalue weighted by Gasteiger charge is -2.38. The molecule has 0 heterocycles. The molecule has 120 valence electrons. The lowest BCUT2D eigenvalue weighted by molar-refractivity contribution is -0.906. The van der Waals surface area contributed by atoms with Gasteiger partial charge in [-0.15, -0.1) is 0 Å². The molecular formula is C18H32NO2+. The van der Waals surface area contributed by atoms with E-state index >= 15 is 0 Å². The second-order valence-electron chi connectivity index (χ2n) is 7.72. The summed E-state index contributed by atoms with van der Waals surface area (Å²) in [5.74, 6) is -0.224. The van der Waals surface area contributed by atoms with Crippen molar-refractivity contribution in [1.82, 2.24) is 0 Å². The van der Waals surface area contributed by atoms with Crippen molar-refractivity contribution in [3.63, 3.8) is 0 Å². The molecule has 2 unspecified atom stereocenters. The van der Waals surface area contributed by atoms with Crippen molar-refractivity contribution >= 4 is 5.97 Å². The Kier molecular flexibility index (Phi) is 5.80. The van der Waals surface area contributed by atoms with Crippen molar-refractivity contribution in [2.45, 2.75) is 53.0 Å². The van der Waals surface area contributed by atoms with E-state index in [4.69, 9.17) is 5.11 Å². The summed E-state index contributed by atoms with van der Waals surface area (Å²) in [5.41, 5.74) is 1.78. The van der Waals surface area contributed by atoms with Gasteiger partial charge in [-0.1, -0.05) is 31.6 Å². The summed E-state index contributed by atoms with van der Waals surface area (Å²) in [5, 5.41) is 8.86. The van der Waals surface area contributed by atoms with Crippen LogP contribution in [0.4, 0.5) is 0 Å². The largest absolute Gasteiger partial charge is 0.481 e. The van der Waals surface area contributed by atoms with Crippen LogP contribution in [0.15, 0.2) is 23.8 Å². The Balaban J connectivity index is 2.76. The van der Waals surface area contributed by atoms with E-state index < -0.39 is 5.97 Å². The van der Waals surface area contributed by atoms with Gasteiger partial charge in [0, 0.05) is 5.92 Å². The van der Waals surface area contributed by atoms with Crippen LogP contribution in [0.3, 0.4) is 0 Å². The molecule has 0 aromatic carbocycles. The van der Waals surface area contributed by atoms with Crippen LogP contribution in [0.25, 0.3) is 0 Å². The van der Waals surface area contributed by atoms with Gasteiger partial charge in [-0.05, 0) is 38.2 Å². The molecule has 0 amide bonds. The van der Waals surface area contributed by atoms with Gasteiger partial charge < -0.3 is 9.59 Å². The molecule has 0 radical (unpaired) electrons. The summed E-state index contributed by atoms with van der Waals surface area (Å²) < 4.78 is 0.707. The molecule has 0 fully saturated rings. The first-order valence-corrected chi connectivity index (χ1v) is 7.96. The lowest BCUT2D eigenvalue weighted by atomic mass is 9.68. The molecule has 0 bridgehead atoms. The van der Waals surface area contributed by atoms with Gasteiger partial charge in [-0.2, -0.15) is 0 Å². The van der Waals surface area contributed by atoms with Crippen molar-refractivity contribution in [3.05, 3.63) is 23.8 Å². The predicted octanol–water partition coefficient (Wildman–Crippen LogP) is 3.86. The van der Waals surface area contributed by atoms with E-state index in [2.05, 4.69) is 60.0 Å². The quantitative estimate of drug-likeness (QED) is 0.596. The maximum atomic E-state index is 10.8. The lowest BCUT2D eigenvalue weighted by Crippen LogP contribution is -2.47. The first-order valence-electron chi connectivity index (χ1n) is 7.96. The normalized spacial score (nSPS) is 23.9. The summed E-state index contributed by atoms with van der Waals surface area (Å²) in [4.78, 5) is 10.8. The van der Waals surface area contributed by atoms with Crippen molar-refractivity contribution in [2.24, 2.45) is 11.3 Å². The number of carbonyl (C=O) groups is 1. The Morgan fingerprint density at radius 1 is 1.52 bits per heavy atom. The molecule has 0 saturated carbocycles. The fraction of sp³-hybridized carbons (Fsp3) is 0.722. The SMILES string of the molecule is CC1=CCCC(C)(C)C1/C=C/C(C)[N+](C)(C)CCC(=O)O. The van der Waals surface area contributed by atoms with Crippen LogP contribution < -0.4 is 0 Å². The number of nitrogens with zero attached hydrogens (tertiary/aromatic N) is 1. The highest BCUT2D eigenvalue weighted by molar-refractivity contribution is 5.66. The summed E-state index contributed by atoms with van der Waals surface area (Å²) in [7, 11) is 4.21. The zero-order chi connectivity index (χ0) is 16.3. The standard InChI is InChI=1S/C18H31NO2/c1-14-8-7-12-18(3,4)16(14)10-9-15(2)19(5,6)13-11-17(20)21/h8-10,15-16H,7,11-13H2,1-6H3/p+1/b10-9+. The van der Waals surface area contributed by atoms with Gasteiger partial charge in [0.25, 0.3) is 0 Å². The minimum Gasteiger partial charge on any atom is -0.481 e. The zero-order valence-corrected chi connectivity index (χ0v) is 14.5. The van der Waals surface area contributed by atoms with E-state index in [-0.39, 0.29) is 6.42 Å². The Morgan fingerprint density at radius 3 is 2.67 bits per heavy atom. The second-order valence-corrected chi connectivity index (χ2v) is 7.72. The molecule has 0 aromatic rings. The van der Waals surface area contributed by atoms with Gasteiger partial charge in [-0.25, -0.2) is 0 Å². The van der Waals surface area contributed by atoms with Gasteiger partial charge in [0.15, 0.2) is 0 Å². The molecule has 0 spiro atoms. The smallest absolute Gasteiger partial charge is 0.309 e. The summed E-state index contributed by atoms with van der Waals surface area (Å²) >= 11 is 0. The number of aliphatic carboxylic acids is 1. The van der Waals surface area contributed by atoms with Crippen molar-refractivity contribution in [1.29, 1.82) is 0 Å². The Bertz CT molecular complexity index is 432. The van der Waals surface area contributed by atoms with E-state index in [0.29, 0.717) is 28.4 Å². The molecule has 0 aromatic heterocycles. The van der Waals surface area contributed by atoms with Crippen LogP contribution in [0.1, 0.15) is 47.0 Å². The van der Waals surface area contributed by atoms with Gasteiger partial charge in [0.1, 0.15) is 6.04 Å². The number of rotatable bonds is 6. The molecule has 0 aliphatic heterocycles. The zero-order valence-electron chi connectivity index (χ0n) is 14.5. The van der Waals surface area contributed by atoms with E-state index in [1.165, 1.54) is 18.4 Å². The molecule has 1 rings (SSSR count). The number of carboxylic acids is 1. The molecule has 21 heavy (non-hydrogen) atoms. The monoisotopic (exact) mass is 294 g/mol. The average molecular weight is 294 g/mol. The highest BCUT2D eigenvalue weighted by atomic mass is 16.4. The highest BCUT2D eigenvalue weighted by Gasteiger charge is 2.31. The van der Waals surface area contributed by atoms with Crippen LogP contribution >= 0.6 is 0 Å². The first kappa shape index (κ1) is 18.0. The number of hydrogen-bond acceptors (Lipinski definition) is 1. The minimum absolute atomic E-state index is 0.221. The molecule has 2 atom stereocenters. The molecule has 3 heteroatoms. The number of allylic oxidation sites excluding steroid dienone is 3. The molecular weight excluding hydrogens is 262 g/mol. The van der Waals surface area contributed by atoms with Crippen LogP contribution in [0.2, 0.25) is 0 Å². The Labute approximate surface area is 129 Å². The van der Waals surface area contributed by atoms with Gasteiger partial charge in [0.05, 0.1) is 27.1 Å². The topological polar surface area (TPSA) is 37.3 Å². The van der Waals surface area contributed by atoms with Crippen molar-refractivity contribution in [3.8, 4) is 0 Å². The maximum Gasteiger partial charge on any atom is 0.309 e. The molecule has 1 aliphatic rings. The van der Waals surface area contributed by atoms with E-state index in [9.17, 15) is 4.79 Å². The average Bonchev–Trinajstić information content (AvgIpc) is 2.34. The summed E-state index contributed by atoms with van der Waals surface area (Å²) in [6.45, 7) is 9.74. The third kappa shape index (κ3) is 4.99. The fourth-order valence-electron chi connectivity index (χ4n) is 3.08. The fourth-order valence-corrected chi connectivity index (χ4v) is 3.08. The van der Waals surface area contributed by atoms with Crippen LogP contribution in [0, 0.1) is 11.3 Å². The predicted molar refractivity (Wildman–Crippen MR) is 88.1 cm³/mol. The van der Waals surface area contributed by atoms with E-state index in [1.54, 1.807) is 0 Å². The number of hydrogen-bond donors (Lipinski definition) is 1. The third-order valence-electron chi connectivity index (χ3n) is 5.17. The highest BCUT2D eigenvalue weighted by Crippen LogP contribution is 2.41. The number of likely N-dealkylation sites (N-methyl/N-ethyl adjacent to an activating group) is 1. The second kappa shape index (κ2) is 6.78. The minimum atomic E-state index is -0.718. The maximum absolute atomic E-state index is 10.8.